The molecule has 0 fully saturated rings. The molecule has 2 rings (SSSR count). The van der Waals surface area contributed by atoms with Crippen LogP contribution in [0, 0.1) is 0 Å². The maximum Gasteiger partial charge on any atom is 0.339 e. The highest BCUT2D eigenvalue weighted by atomic mass is 35.5. The lowest BCUT2D eigenvalue weighted by Gasteiger charge is -2.08. The summed E-state index contributed by atoms with van der Waals surface area (Å²) in [6.45, 7) is 1.11. The minimum Gasteiger partial charge on any atom is -0.507 e. The van der Waals surface area contributed by atoms with Gasteiger partial charge in [-0.15, -0.1) is 12.4 Å². The molecule has 2 aromatic rings. The molecule has 0 unspecified atom stereocenters. The Morgan fingerprint density at radius 1 is 0.929 bits per heavy atom. The minimum atomic E-state index is -1.30. The average Bonchev–Trinajstić information content (AvgIpc) is 2.66. The second kappa shape index (κ2) is 10.9. The summed E-state index contributed by atoms with van der Waals surface area (Å²) >= 11 is 0. The largest absolute Gasteiger partial charge is 0.507 e. The highest BCUT2D eigenvalue weighted by Crippen LogP contribution is 2.22. The van der Waals surface area contributed by atoms with Crippen LogP contribution in [0.4, 0.5) is 5.69 Å². The lowest BCUT2D eigenvalue weighted by Crippen LogP contribution is -2.25. The summed E-state index contributed by atoms with van der Waals surface area (Å²) in [5.41, 5.74) is 6.05. The van der Waals surface area contributed by atoms with E-state index >= 15 is 0 Å². The number of halogens is 1. The van der Waals surface area contributed by atoms with E-state index in [1.54, 1.807) is 0 Å². The fourth-order valence-electron chi connectivity index (χ4n) is 2.33. The Labute approximate surface area is 168 Å². The van der Waals surface area contributed by atoms with Crippen molar-refractivity contribution in [3.8, 4) is 5.75 Å². The van der Waals surface area contributed by atoms with E-state index in [9.17, 15) is 19.5 Å². The van der Waals surface area contributed by atoms with Gasteiger partial charge in [0.15, 0.2) is 0 Å². The van der Waals surface area contributed by atoms with Gasteiger partial charge >= 0.3 is 5.97 Å². The first kappa shape index (κ1) is 22.9. The average molecular weight is 408 g/mol. The van der Waals surface area contributed by atoms with Gasteiger partial charge in [0.1, 0.15) is 11.3 Å². The topological polar surface area (TPSA) is 142 Å². The Morgan fingerprint density at radius 3 is 2.11 bits per heavy atom. The number of phenols is 1. The van der Waals surface area contributed by atoms with E-state index in [0.717, 1.165) is 12.8 Å². The number of carbonyl (C=O) groups excluding carboxylic acids is 2. The van der Waals surface area contributed by atoms with Gasteiger partial charge in [0, 0.05) is 23.4 Å². The van der Waals surface area contributed by atoms with Crippen LogP contribution in [-0.2, 0) is 0 Å². The van der Waals surface area contributed by atoms with Crippen molar-refractivity contribution in [3.05, 3.63) is 59.2 Å². The second-order valence-electron chi connectivity index (χ2n) is 5.82. The lowest BCUT2D eigenvalue weighted by molar-refractivity contribution is 0.0693. The van der Waals surface area contributed by atoms with E-state index in [2.05, 4.69) is 10.6 Å². The molecule has 0 saturated carbocycles. The number of aromatic hydroxyl groups is 1. The molecule has 150 valence electrons. The number of carboxylic acids is 1. The third kappa shape index (κ3) is 6.26. The number of anilines is 1. The molecule has 2 aromatic carbocycles. The molecule has 0 atom stereocenters. The van der Waals surface area contributed by atoms with E-state index in [1.807, 2.05) is 0 Å². The summed E-state index contributed by atoms with van der Waals surface area (Å²) in [5, 5.41) is 23.8. The number of hydrogen-bond donors (Lipinski definition) is 5. The molecule has 28 heavy (non-hydrogen) atoms. The Morgan fingerprint density at radius 2 is 1.54 bits per heavy atom. The summed E-state index contributed by atoms with van der Waals surface area (Å²) in [6, 6.07) is 9.82. The SMILES string of the molecule is Cl.NCCCCNC(=O)c1ccc(C(=O)Nc2ccc(O)c(C(=O)O)c2)cc1. The number of aromatic carboxylic acids is 1. The first-order valence-electron chi connectivity index (χ1n) is 8.38. The number of carbonyl (C=O) groups is 3. The van der Waals surface area contributed by atoms with Crippen molar-refractivity contribution in [1.29, 1.82) is 0 Å². The van der Waals surface area contributed by atoms with Crippen LogP contribution in [0.25, 0.3) is 0 Å². The van der Waals surface area contributed by atoms with Gasteiger partial charge in [0.2, 0.25) is 0 Å². The van der Waals surface area contributed by atoms with Gasteiger partial charge in [-0.2, -0.15) is 0 Å². The van der Waals surface area contributed by atoms with Crippen LogP contribution < -0.4 is 16.4 Å². The van der Waals surface area contributed by atoms with E-state index in [4.69, 9.17) is 10.8 Å². The van der Waals surface area contributed by atoms with E-state index in [0.29, 0.717) is 24.2 Å². The van der Waals surface area contributed by atoms with Crippen molar-refractivity contribution in [3.63, 3.8) is 0 Å². The van der Waals surface area contributed by atoms with Crippen LogP contribution >= 0.6 is 12.4 Å². The minimum absolute atomic E-state index is 0. The molecule has 9 heteroatoms. The number of nitrogens with two attached hydrogens (primary N) is 1. The molecule has 0 aliphatic rings. The predicted molar refractivity (Wildman–Crippen MR) is 107 cm³/mol. The fourth-order valence-corrected chi connectivity index (χ4v) is 2.33. The molecule has 8 nitrogen and oxygen atoms in total. The summed E-state index contributed by atoms with van der Waals surface area (Å²) in [4.78, 5) is 35.3. The molecular weight excluding hydrogens is 386 g/mol. The Bertz CT molecular complexity index is 840. The summed E-state index contributed by atoms with van der Waals surface area (Å²) < 4.78 is 0. The van der Waals surface area contributed by atoms with Gasteiger partial charge in [-0.3, -0.25) is 9.59 Å². The lowest BCUT2D eigenvalue weighted by atomic mass is 10.1. The molecule has 0 spiro atoms. The quantitative estimate of drug-likeness (QED) is 0.335. The molecule has 2 amide bonds. The number of amides is 2. The molecule has 0 aliphatic heterocycles. The molecule has 0 radical (unpaired) electrons. The maximum absolute atomic E-state index is 12.3. The smallest absolute Gasteiger partial charge is 0.339 e. The highest BCUT2D eigenvalue weighted by Gasteiger charge is 2.13. The van der Waals surface area contributed by atoms with E-state index in [-0.39, 0.29) is 35.3 Å². The number of nitrogens with one attached hydrogen (secondary N) is 2. The first-order chi connectivity index (χ1) is 12.9. The zero-order chi connectivity index (χ0) is 19.8. The van der Waals surface area contributed by atoms with Crippen LogP contribution in [0.1, 0.15) is 43.9 Å². The molecule has 0 saturated heterocycles. The normalized spacial score (nSPS) is 9.89. The van der Waals surface area contributed by atoms with Crippen LogP contribution in [0.3, 0.4) is 0 Å². The van der Waals surface area contributed by atoms with Crippen molar-refractivity contribution in [1.82, 2.24) is 5.32 Å². The summed E-state index contributed by atoms with van der Waals surface area (Å²) in [5.74, 6) is -2.39. The molecule has 0 heterocycles. The van der Waals surface area contributed by atoms with Gasteiger partial charge < -0.3 is 26.6 Å². The van der Waals surface area contributed by atoms with Crippen molar-refractivity contribution < 1.29 is 24.6 Å². The van der Waals surface area contributed by atoms with Crippen molar-refractivity contribution >= 4 is 35.9 Å². The number of benzene rings is 2. The number of unbranched alkanes of at least 4 members (excludes halogenated alkanes) is 1. The van der Waals surface area contributed by atoms with Gasteiger partial charge in [-0.1, -0.05) is 0 Å². The van der Waals surface area contributed by atoms with Crippen molar-refractivity contribution in [2.24, 2.45) is 5.73 Å². The number of rotatable bonds is 8. The Hall–Kier alpha value is -3.10. The molecular formula is C19H22ClN3O5. The zero-order valence-corrected chi connectivity index (χ0v) is 15.8. The Kier molecular flexibility index (Phi) is 8.94. The zero-order valence-electron chi connectivity index (χ0n) is 15.0. The van der Waals surface area contributed by atoms with Gasteiger partial charge in [0.25, 0.3) is 11.8 Å². The van der Waals surface area contributed by atoms with Crippen LogP contribution in [-0.4, -0.2) is 41.1 Å². The first-order valence-corrected chi connectivity index (χ1v) is 8.38. The van der Waals surface area contributed by atoms with Crippen LogP contribution in [0.2, 0.25) is 0 Å². The van der Waals surface area contributed by atoms with Gasteiger partial charge in [-0.05, 0) is 61.9 Å². The predicted octanol–water partition coefficient (Wildman–Crippen LogP) is 2.23. The summed E-state index contributed by atoms with van der Waals surface area (Å²) in [6.07, 6.45) is 1.63. The van der Waals surface area contributed by atoms with E-state index in [1.165, 1.54) is 42.5 Å². The fraction of sp³-hybridized carbons (Fsp3) is 0.211. The highest BCUT2D eigenvalue weighted by molar-refractivity contribution is 6.05. The molecule has 0 aliphatic carbocycles. The van der Waals surface area contributed by atoms with Crippen LogP contribution in [0.5, 0.6) is 5.75 Å². The van der Waals surface area contributed by atoms with Crippen molar-refractivity contribution in [2.75, 3.05) is 18.4 Å². The summed E-state index contributed by atoms with van der Waals surface area (Å²) in [7, 11) is 0. The van der Waals surface area contributed by atoms with Crippen molar-refractivity contribution in [2.45, 2.75) is 12.8 Å². The van der Waals surface area contributed by atoms with Gasteiger partial charge in [0.05, 0.1) is 0 Å². The van der Waals surface area contributed by atoms with E-state index < -0.39 is 11.9 Å². The van der Waals surface area contributed by atoms with Crippen LogP contribution in [0.15, 0.2) is 42.5 Å². The third-order valence-corrected chi connectivity index (χ3v) is 3.81. The second-order valence-corrected chi connectivity index (χ2v) is 5.82. The number of carboxylic acid groups (broad SMARTS) is 1. The molecule has 0 aromatic heterocycles. The molecule has 0 bridgehead atoms. The van der Waals surface area contributed by atoms with Gasteiger partial charge in [-0.25, -0.2) is 4.79 Å². The Balaban J connectivity index is 0.00000392. The maximum atomic E-state index is 12.3. The molecule has 6 N–H and O–H groups in total. The third-order valence-electron chi connectivity index (χ3n) is 3.81. The monoisotopic (exact) mass is 407 g/mol. The standard InChI is InChI=1S/C19H21N3O5.ClH/c20-9-1-2-10-21-17(24)12-3-5-13(6-4-12)18(25)22-14-7-8-16(23)15(11-14)19(26)27;/h3-8,11,23H,1-2,9-10,20H2,(H,21,24)(H,22,25)(H,26,27);1H. The number of hydrogen-bond acceptors (Lipinski definition) is 5.